The quantitative estimate of drug-likeness (QED) is 0.627. The van der Waals surface area contributed by atoms with Crippen molar-refractivity contribution < 1.29 is 9.18 Å². The maximum Gasteiger partial charge on any atom is 0.150 e. The third-order valence-corrected chi connectivity index (χ3v) is 1.77. The van der Waals surface area contributed by atoms with Gasteiger partial charge >= 0.3 is 0 Å². The summed E-state index contributed by atoms with van der Waals surface area (Å²) in [6, 6.07) is 4.71. The number of aldehydes is 1. The predicted octanol–water partition coefficient (Wildman–Crippen LogP) is 2.62. The van der Waals surface area contributed by atoms with Crippen molar-refractivity contribution in [1.82, 2.24) is 0 Å². The van der Waals surface area contributed by atoms with E-state index in [2.05, 4.69) is 0 Å². The van der Waals surface area contributed by atoms with Crippen LogP contribution in [0.4, 0.5) is 4.39 Å². The van der Waals surface area contributed by atoms with E-state index in [1.54, 1.807) is 12.1 Å². The van der Waals surface area contributed by atoms with Crippen molar-refractivity contribution in [2.45, 2.75) is 6.67 Å². The fourth-order valence-electron chi connectivity index (χ4n) is 0.827. The van der Waals surface area contributed by atoms with Gasteiger partial charge in [0.1, 0.15) is 13.0 Å². The molecule has 0 unspecified atom stereocenters. The van der Waals surface area contributed by atoms with Gasteiger partial charge in [-0.15, -0.1) is 0 Å². The number of hydrogen-bond acceptors (Lipinski definition) is 1. The molecule has 0 N–H and O–H groups in total. The molecule has 1 nitrogen and oxygen atoms in total. The van der Waals surface area contributed by atoms with Gasteiger partial charge in [0, 0.05) is 16.1 Å². The molecule has 3 heteroatoms. The van der Waals surface area contributed by atoms with Crippen molar-refractivity contribution in [3.05, 3.63) is 34.3 Å². The van der Waals surface area contributed by atoms with E-state index in [1.807, 2.05) is 0 Å². The number of carbonyl (C=O) groups is 1. The molecule has 0 spiro atoms. The van der Waals surface area contributed by atoms with Gasteiger partial charge in [0.2, 0.25) is 0 Å². The van der Waals surface area contributed by atoms with Gasteiger partial charge in [-0.25, -0.2) is 4.39 Å². The minimum atomic E-state index is -0.701. The number of halogens is 2. The van der Waals surface area contributed by atoms with Gasteiger partial charge in [-0.1, -0.05) is 23.7 Å². The molecule has 0 bridgehead atoms. The van der Waals surface area contributed by atoms with Gasteiger partial charge in [0.15, 0.2) is 0 Å². The highest BCUT2D eigenvalue weighted by atomic mass is 35.5. The Hall–Kier alpha value is -0.890. The summed E-state index contributed by atoms with van der Waals surface area (Å²) < 4.78 is 12.2. The van der Waals surface area contributed by atoms with Gasteiger partial charge in [-0.3, -0.25) is 4.79 Å². The Morgan fingerprint density at radius 2 is 2.27 bits per heavy atom. The molecule has 0 aliphatic rings. The zero-order valence-corrected chi connectivity index (χ0v) is 6.44. The van der Waals surface area contributed by atoms with E-state index in [9.17, 15) is 9.18 Å². The van der Waals surface area contributed by atoms with Crippen LogP contribution >= 0.6 is 11.6 Å². The lowest BCUT2D eigenvalue weighted by Gasteiger charge is -2.00. The van der Waals surface area contributed by atoms with Crippen molar-refractivity contribution in [2.75, 3.05) is 0 Å². The largest absolute Gasteiger partial charge is 0.298 e. The fraction of sp³-hybridized carbons (Fsp3) is 0.125. The number of carbonyl (C=O) groups excluding carboxylic acids is 1. The molecule has 0 heterocycles. The van der Waals surface area contributed by atoms with Gasteiger partial charge < -0.3 is 0 Å². The SMILES string of the molecule is O=Cc1cccc(Cl)c1CF. The maximum atomic E-state index is 12.2. The van der Waals surface area contributed by atoms with Crippen LogP contribution in [0.2, 0.25) is 5.02 Å². The molecule has 0 atom stereocenters. The third-order valence-electron chi connectivity index (χ3n) is 1.42. The first-order valence-electron chi connectivity index (χ1n) is 3.08. The Morgan fingerprint density at radius 3 is 2.73 bits per heavy atom. The second-order valence-electron chi connectivity index (χ2n) is 2.06. The van der Waals surface area contributed by atoms with E-state index in [0.717, 1.165) is 0 Å². The van der Waals surface area contributed by atoms with Crippen LogP contribution in [-0.4, -0.2) is 6.29 Å². The Labute approximate surface area is 68.8 Å². The number of alkyl halides is 1. The topological polar surface area (TPSA) is 17.1 Å². The van der Waals surface area contributed by atoms with E-state index in [0.29, 0.717) is 16.9 Å². The molecule has 58 valence electrons. The summed E-state index contributed by atoms with van der Waals surface area (Å²) in [6.07, 6.45) is 0.598. The standard InChI is InChI=1S/C8H6ClFO/c9-8-3-1-2-6(5-11)7(8)4-10/h1-3,5H,4H2. The lowest BCUT2D eigenvalue weighted by Crippen LogP contribution is -1.89. The Balaban J connectivity index is 3.23. The zero-order chi connectivity index (χ0) is 8.27. The molecule has 11 heavy (non-hydrogen) atoms. The summed E-state index contributed by atoms with van der Waals surface area (Å²) >= 11 is 5.61. The summed E-state index contributed by atoms with van der Waals surface area (Å²) in [5, 5.41) is 0.303. The normalized spacial score (nSPS) is 9.64. The summed E-state index contributed by atoms with van der Waals surface area (Å²) in [4.78, 5) is 10.3. The molecule has 0 aromatic heterocycles. The third kappa shape index (κ3) is 1.57. The molecule has 0 saturated heterocycles. The molecule has 0 aliphatic heterocycles. The van der Waals surface area contributed by atoms with Crippen molar-refractivity contribution in [1.29, 1.82) is 0 Å². The Kier molecular flexibility index (Phi) is 2.60. The van der Waals surface area contributed by atoms with Gasteiger partial charge in [0.25, 0.3) is 0 Å². The van der Waals surface area contributed by atoms with E-state index in [1.165, 1.54) is 6.07 Å². The Bertz CT molecular complexity index is 273. The van der Waals surface area contributed by atoms with Crippen LogP contribution in [0, 0.1) is 0 Å². The maximum absolute atomic E-state index is 12.2. The molecule has 0 amide bonds. The van der Waals surface area contributed by atoms with Crippen molar-refractivity contribution in [3.8, 4) is 0 Å². The van der Waals surface area contributed by atoms with Crippen molar-refractivity contribution >= 4 is 17.9 Å². The lowest BCUT2D eigenvalue weighted by molar-refractivity contribution is 0.112. The number of rotatable bonds is 2. The average Bonchev–Trinajstić information content (AvgIpc) is 2.04. The van der Waals surface area contributed by atoms with Crippen molar-refractivity contribution in [2.24, 2.45) is 0 Å². The summed E-state index contributed by atoms with van der Waals surface area (Å²) in [7, 11) is 0. The monoisotopic (exact) mass is 172 g/mol. The van der Waals surface area contributed by atoms with Gasteiger partial charge in [0.05, 0.1) is 0 Å². The smallest absolute Gasteiger partial charge is 0.150 e. The second-order valence-corrected chi connectivity index (χ2v) is 2.47. The van der Waals surface area contributed by atoms with Gasteiger partial charge in [-0.05, 0) is 6.07 Å². The molecule has 0 saturated carbocycles. The highest BCUT2D eigenvalue weighted by Crippen LogP contribution is 2.19. The minimum absolute atomic E-state index is 0.268. The molecule has 1 aromatic carbocycles. The predicted molar refractivity (Wildman–Crippen MR) is 41.7 cm³/mol. The molecule has 0 radical (unpaired) electrons. The molecule has 1 aromatic rings. The molecular weight excluding hydrogens is 167 g/mol. The molecule has 1 rings (SSSR count). The first kappa shape index (κ1) is 8.21. The molecule has 0 aliphatic carbocycles. The zero-order valence-electron chi connectivity index (χ0n) is 5.68. The van der Waals surface area contributed by atoms with Gasteiger partial charge in [-0.2, -0.15) is 0 Å². The van der Waals surface area contributed by atoms with E-state index in [-0.39, 0.29) is 5.56 Å². The molecule has 0 fully saturated rings. The summed E-state index contributed by atoms with van der Waals surface area (Å²) in [6.45, 7) is -0.701. The fourth-order valence-corrected chi connectivity index (χ4v) is 1.06. The molecular formula is C8H6ClFO. The van der Waals surface area contributed by atoms with Crippen LogP contribution in [0.5, 0.6) is 0 Å². The van der Waals surface area contributed by atoms with E-state index < -0.39 is 6.67 Å². The first-order chi connectivity index (χ1) is 5.29. The van der Waals surface area contributed by atoms with Crippen LogP contribution in [0.25, 0.3) is 0 Å². The van der Waals surface area contributed by atoms with E-state index in [4.69, 9.17) is 11.6 Å². The van der Waals surface area contributed by atoms with Crippen LogP contribution in [0.3, 0.4) is 0 Å². The van der Waals surface area contributed by atoms with E-state index >= 15 is 0 Å². The highest BCUT2D eigenvalue weighted by molar-refractivity contribution is 6.31. The minimum Gasteiger partial charge on any atom is -0.298 e. The van der Waals surface area contributed by atoms with Crippen LogP contribution in [0.1, 0.15) is 15.9 Å². The van der Waals surface area contributed by atoms with Crippen molar-refractivity contribution in [3.63, 3.8) is 0 Å². The second kappa shape index (κ2) is 3.49. The highest BCUT2D eigenvalue weighted by Gasteiger charge is 2.04. The van der Waals surface area contributed by atoms with Crippen LogP contribution < -0.4 is 0 Å². The number of benzene rings is 1. The lowest BCUT2D eigenvalue weighted by atomic mass is 10.1. The summed E-state index contributed by atoms with van der Waals surface area (Å²) in [5.74, 6) is 0. The Morgan fingerprint density at radius 1 is 1.55 bits per heavy atom. The first-order valence-corrected chi connectivity index (χ1v) is 3.46. The van der Waals surface area contributed by atoms with Crippen LogP contribution in [-0.2, 0) is 6.67 Å². The average molecular weight is 173 g/mol. The number of hydrogen-bond donors (Lipinski definition) is 0. The summed E-state index contributed by atoms with van der Waals surface area (Å²) in [5.41, 5.74) is 0.587. The van der Waals surface area contributed by atoms with Crippen LogP contribution in [0.15, 0.2) is 18.2 Å².